The van der Waals surface area contributed by atoms with Gasteiger partial charge < -0.3 is 10.1 Å². The van der Waals surface area contributed by atoms with Gasteiger partial charge in [-0.3, -0.25) is 9.69 Å². The molecule has 108 valence electrons. The van der Waals surface area contributed by atoms with Gasteiger partial charge in [0.2, 0.25) is 5.91 Å². The second-order valence-electron chi connectivity index (χ2n) is 4.95. The summed E-state index contributed by atoms with van der Waals surface area (Å²) in [5.74, 6) is -0.703. The number of piperidine rings is 1. The van der Waals surface area contributed by atoms with Crippen LogP contribution in [0.1, 0.15) is 12.8 Å². The first-order chi connectivity index (χ1) is 9.58. The number of hydrogen-bond acceptors (Lipinski definition) is 3. The van der Waals surface area contributed by atoms with Gasteiger partial charge >= 0.3 is 0 Å². The quantitative estimate of drug-likeness (QED) is 0.868. The van der Waals surface area contributed by atoms with Gasteiger partial charge in [0.05, 0.1) is 11.6 Å². The van der Waals surface area contributed by atoms with Gasteiger partial charge in [0.1, 0.15) is 12.1 Å². The lowest BCUT2D eigenvalue weighted by Gasteiger charge is -2.29. The molecule has 0 radical (unpaired) electrons. The lowest BCUT2D eigenvalue weighted by molar-refractivity contribution is -0.119. The van der Waals surface area contributed by atoms with Crippen molar-refractivity contribution in [2.24, 2.45) is 5.92 Å². The molecular weight excluding hydrogens is 283 g/mol. The van der Waals surface area contributed by atoms with E-state index in [9.17, 15) is 14.0 Å². The summed E-state index contributed by atoms with van der Waals surface area (Å²) in [6, 6.07) is 4.05. The van der Waals surface area contributed by atoms with Crippen LogP contribution >= 0.6 is 11.6 Å². The number of amides is 1. The van der Waals surface area contributed by atoms with Gasteiger partial charge in [0.15, 0.2) is 0 Å². The number of likely N-dealkylation sites (tertiary alicyclic amines) is 1. The molecule has 0 saturated carbocycles. The topological polar surface area (TPSA) is 49.4 Å². The van der Waals surface area contributed by atoms with Crippen molar-refractivity contribution in [1.29, 1.82) is 0 Å². The zero-order chi connectivity index (χ0) is 14.5. The average molecular weight is 299 g/mol. The van der Waals surface area contributed by atoms with Crippen LogP contribution in [-0.4, -0.2) is 36.7 Å². The van der Waals surface area contributed by atoms with Gasteiger partial charge in [0, 0.05) is 18.2 Å². The Morgan fingerprint density at radius 3 is 3.05 bits per heavy atom. The standard InChI is InChI=1S/C14H16ClFN2O2/c15-12-6-11(3-4-13(12)16)17-14(20)8-18-5-1-2-10(7-18)9-19/h3-4,6,9-10H,1-2,5,7-8H2,(H,17,20). The predicted molar refractivity (Wildman–Crippen MR) is 75.3 cm³/mol. The van der Waals surface area contributed by atoms with Crippen molar-refractivity contribution in [2.45, 2.75) is 12.8 Å². The molecular formula is C14H16ClFN2O2. The minimum Gasteiger partial charge on any atom is -0.325 e. The Bertz CT molecular complexity index is 510. The van der Waals surface area contributed by atoms with Gasteiger partial charge in [-0.25, -0.2) is 4.39 Å². The Hall–Kier alpha value is -1.46. The monoisotopic (exact) mass is 298 g/mol. The van der Waals surface area contributed by atoms with Crippen LogP contribution in [0.25, 0.3) is 0 Å². The van der Waals surface area contributed by atoms with Crippen LogP contribution in [0.3, 0.4) is 0 Å². The van der Waals surface area contributed by atoms with Gasteiger partial charge in [-0.15, -0.1) is 0 Å². The van der Waals surface area contributed by atoms with Crippen molar-refractivity contribution in [3.63, 3.8) is 0 Å². The van der Waals surface area contributed by atoms with Crippen LogP contribution in [-0.2, 0) is 9.59 Å². The van der Waals surface area contributed by atoms with Crippen molar-refractivity contribution in [1.82, 2.24) is 4.90 Å². The van der Waals surface area contributed by atoms with E-state index in [1.54, 1.807) is 0 Å². The Labute approximate surface area is 121 Å². The first-order valence-electron chi connectivity index (χ1n) is 6.51. The minimum atomic E-state index is -0.519. The molecule has 0 spiro atoms. The molecule has 1 fully saturated rings. The molecule has 1 unspecified atom stereocenters. The zero-order valence-corrected chi connectivity index (χ0v) is 11.7. The highest BCUT2D eigenvalue weighted by Gasteiger charge is 2.21. The maximum Gasteiger partial charge on any atom is 0.238 e. The number of carbonyl (C=O) groups is 2. The smallest absolute Gasteiger partial charge is 0.238 e. The summed E-state index contributed by atoms with van der Waals surface area (Å²) < 4.78 is 13.0. The van der Waals surface area contributed by atoms with Crippen LogP contribution < -0.4 is 5.32 Å². The normalized spacial score (nSPS) is 19.6. The first-order valence-corrected chi connectivity index (χ1v) is 6.89. The Kier molecular flexibility index (Phi) is 5.09. The largest absolute Gasteiger partial charge is 0.325 e. The SMILES string of the molecule is O=CC1CCCN(CC(=O)Nc2ccc(F)c(Cl)c2)C1. The van der Waals surface area contributed by atoms with Crippen molar-refractivity contribution >= 4 is 29.5 Å². The zero-order valence-electron chi connectivity index (χ0n) is 10.9. The number of hydrogen-bond donors (Lipinski definition) is 1. The molecule has 1 N–H and O–H groups in total. The molecule has 1 aromatic rings. The Morgan fingerprint density at radius 2 is 2.35 bits per heavy atom. The van der Waals surface area contributed by atoms with Gasteiger partial charge in [-0.1, -0.05) is 11.6 Å². The third-order valence-corrected chi connectivity index (χ3v) is 3.59. The highest BCUT2D eigenvalue weighted by molar-refractivity contribution is 6.31. The fourth-order valence-corrected chi connectivity index (χ4v) is 2.50. The van der Waals surface area contributed by atoms with Gasteiger partial charge in [-0.05, 0) is 37.6 Å². The molecule has 20 heavy (non-hydrogen) atoms. The lowest BCUT2D eigenvalue weighted by atomic mass is 10.00. The van der Waals surface area contributed by atoms with Crippen LogP contribution in [0.5, 0.6) is 0 Å². The molecule has 1 aromatic carbocycles. The van der Waals surface area contributed by atoms with Crippen molar-refractivity contribution in [2.75, 3.05) is 25.0 Å². The highest BCUT2D eigenvalue weighted by Crippen LogP contribution is 2.19. The fourth-order valence-electron chi connectivity index (χ4n) is 2.32. The number of nitrogens with one attached hydrogen (secondary N) is 1. The lowest BCUT2D eigenvalue weighted by Crippen LogP contribution is -2.40. The van der Waals surface area contributed by atoms with Crippen molar-refractivity contribution < 1.29 is 14.0 Å². The minimum absolute atomic E-state index is 0.0109. The van der Waals surface area contributed by atoms with E-state index in [4.69, 9.17) is 11.6 Å². The molecule has 1 atom stereocenters. The number of rotatable bonds is 4. The maximum absolute atomic E-state index is 13.0. The molecule has 1 aliphatic heterocycles. The number of halogens is 2. The van der Waals surface area contributed by atoms with E-state index in [2.05, 4.69) is 5.32 Å². The fraction of sp³-hybridized carbons (Fsp3) is 0.429. The summed E-state index contributed by atoms with van der Waals surface area (Å²) in [4.78, 5) is 24.6. The molecule has 0 aliphatic carbocycles. The summed E-state index contributed by atoms with van der Waals surface area (Å²) in [5.41, 5.74) is 0.463. The van der Waals surface area contributed by atoms with E-state index in [-0.39, 0.29) is 23.4 Å². The average Bonchev–Trinajstić information content (AvgIpc) is 2.43. The van der Waals surface area contributed by atoms with Crippen molar-refractivity contribution in [3.05, 3.63) is 29.0 Å². The van der Waals surface area contributed by atoms with E-state index in [1.165, 1.54) is 18.2 Å². The molecule has 1 saturated heterocycles. The third kappa shape index (κ3) is 4.02. The molecule has 6 heteroatoms. The van der Waals surface area contributed by atoms with Gasteiger partial charge in [-0.2, -0.15) is 0 Å². The van der Waals surface area contributed by atoms with E-state index in [0.29, 0.717) is 12.2 Å². The number of carbonyl (C=O) groups excluding carboxylic acids is 2. The number of aldehydes is 1. The third-order valence-electron chi connectivity index (χ3n) is 3.30. The molecule has 0 bridgehead atoms. The van der Waals surface area contributed by atoms with Crippen LogP contribution in [0, 0.1) is 11.7 Å². The van der Waals surface area contributed by atoms with Crippen LogP contribution in [0.4, 0.5) is 10.1 Å². The molecule has 1 amide bonds. The molecule has 1 aliphatic rings. The van der Waals surface area contributed by atoms with E-state index in [0.717, 1.165) is 25.7 Å². The second-order valence-corrected chi connectivity index (χ2v) is 5.36. The summed E-state index contributed by atoms with van der Waals surface area (Å²) in [6.45, 7) is 1.64. The molecule has 0 aromatic heterocycles. The Morgan fingerprint density at radius 1 is 1.55 bits per heavy atom. The summed E-state index contributed by atoms with van der Waals surface area (Å²) in [7, 11) is 0. The van der Waals surface area contributed by atoms with Gasteiger partial charge in [0.25, 0.3) is 0 Å². The first kappa shape index (κ1) is 14.9. The van der Waals surface area contributed by atoms with Crippen LogP contribution in [0.2, 0.25) is 5.02 Å². The van der Waals surface area contributed by atoms with E-state index >= 15 is 0 Å². The summed E-state index contributed by atoms with van der Waals surface area (Å²) in [5, 5.41) is 2.64. The number of anilines is 1. The number of nitrogens with zero attached hydrogens (tertiary/aromatic N) is 1. The van der Waals surface area contributed by atoms with E-state index < -0.39 is 5.82 Å². The molecule has 4 nitrogen and oxygen atoms in total. The maximum atomic E-state index is 13.0. The van der Waals surface area contributed by atoms with E-state index in [1.807, 2.05) is 4.90 Å². The molecule has 2 rings (SSSR count). The van der Waals surface area contributed by atoms with Crippen LogP contribution in [0.15, 0.2) is 18.2 Å². The summed E-state index contributed by atoms with van der Waals surface area (Å²) in [6.07, 6.45) is 2.75. The Balaban J connectivity index is 1.88. The summed E-state index contributed by atoms with van der Waals surface area (Å²) >= 11 is 5.65. The highest BCUT2D eigenvalue weighted by atomic mass is 35.5. The second kappa shape index (κ2) is 6.81. The van der Waals surface area contributed by atoms with Crippen molar-refractivity contribution in [3.8, 4) is 0 Å². The molecule has 1 heterocycles. The predicted octanol–water partition coefficient (Wildman–Crippen LogP) is 2.33. The number of benzene rings is 1.